The van der Waals surface area contributed by atoms with E-state index in [1.54, 1.807) is 83.1 Å². The highest BCUT2D eigenvalue weighted by molar-refractivity contribution is 8.00. The highest BCUT2D eigenvalue weighted by Crippen LogP contribution is 2.72. The van der Waals surface area contributed by atoms with Crippen molar-refractivity contribution in [3.63, 3.8) is 0 Å². The van der Waals surface area contributed by atoms with Crippen LogP contribution in [0.2, 0.25) is 0 Å². The second kappa shape index (κ2) is 29.6. The lowest BCUT2D eigenvalue weighted by Crippen LogP contribution is -2.38. The van der Waals surface area contributed by atoms with Gasteiger partial charge in [-0.3, -0.25) is 43.2 Å². The van der Waals surface area contributed by atoms with E-state index < -0.39 is 88.3 Å². The minimum atomic E-state index is -1.50. The fourth-order valence-corrected chi connectivity index (χ4v) is 14.1. The number of fused-ring (bicyclic) bond motifs is 6. The summed E-state index contributed by atoms with van der Waals surface area (Å²) in [5, 5.41) is 0. The number of hydrogen-bond acceptors (Lipinski definition) is 30. The van der Waals surface area contributed by atoms with E-state index in [1.807, 2.05) is 0 Å². The molecule has 3 amide bonds. The molecule has 6 aliphatic heterocycles. The summed E-state index contributed by atoms with van der Waals surface area (Å²) >= 11 is 3.08. The summed E-state index contributed by atoms with van der Waals surface area (Å²) in [6.07, 6.45) is 0. The molecule has 0 fully saturated rings. The summed E-state index contributed by atoms with van der Waals surface area (Å²) in [4.78, 5) is 120. The molecule has 0 saturated carbocycles. The van der Waals surface area contributed by atoms with Gasteiger partial charge in [0.1, 0.15) is 54.3 Å². The van der Waals surface area contributed by atoms with Crippen LogP contribution in [0.1, 0.15) is 141 Å². The van der Waals surface area contributed by atoms with Crippen LogP contribution in [-0.2, 0) is 71.6 Å². The Labute approximate surface area is 591 Å². The Bertz CT molecular complexity index is 3200. The maximum atomic E-state index is 14.5. The quantitative estimate of drug-likeness (QED) is 0.0265. The first-order chi connectivity index (χ1) is 46.7. The summed E-state index contributed by atoms with van der Waals surface area (Å²) in [6.45, 7) is 26.3. The number of carbonyl (C=O) groups excluding carboxylic acids is 9. The Kier molecular flexibility index (Phi) is 22.4. The van der Waals surface area contributed by atoms with E-state index in [4.69, 9.17) is 85.3 Å². The Morgan fingerprint density at radius 1 is 0.270 bits per heavy atom. The van der Waals surface area contributed by atoms with E-state index in [-0.39, 0.29) is 202 Å². The molecule has 3 aromatic rings. The molecule has 0 N–H and O–H groups in total. The number of hydrogen-bond donors (Lipinski definition) is 0. The van der Waals surface area contributed by atoms with E-state index in [0.717, 1.165) is 35.3 Å². The van der Waals surface area contributed by atoms with E-state index in [2.05, 4.69) is 0 Å². The third-order valence-electron chi connectivity index (χ3n) is 14.8. The van der Waals surface area contributed by atoms with Crippen molar-refractivity contribution >= 4 is 88.8 Å². The van der Waals surface area contributed by atoms with Gasteiger partial charge in [0, 0.05) is 125 Å². The molecule has 3 aromatic carbocycles. The molecule has 6 aliphatic rings. The minimum Gasteiger partial charge on any atom is -0.464 e. The smallest absolute Gasteiger partial charge is 0.302 e. The molecule has 0 aliphatic carbocycles. The van der Waals surface area contributed by atoms with Crippen molar-refractivity contribution in [1.29, 1.82) is 0 Å². The van der Waals surface area contributed by atoms with Gasteiger partial charge in [-0.2, -0.15) is 0 Å². The molecule has 30 nitrogen and oxygen atoms in total. The van der Waals surface area contributed by atoms with Crippen molar-refractivity contribution in [3.8, 4) is 69.0 Å². The Morgan fingerprint density at radius 3 is 0.570 bits per heavy atom. The zero-order chi connectivity index (χ0) is 73.4. The van der Waals surface area contributed by atoms with Gasteiger partial charge in [0.2, 0.25) is 52.4 Å². The number of carbonyl (C=O) groups is 9. The van der Waals surface area contributed by atoms with Crippen molar-refractivity contribution < 1.29 is 128 Å². The molecule has 547 valence electrons. The van der Waals surface area contributed by atoms with Crippen LogP contribution in [0, 0.1) is 5.92 Å². The zero-order valence-electron chi connectivity index (χ0n) is 59.2. The number of ether oxygens (including phenoxy) is 18. The van der Waals surface area contributed by atoms with Crippen molar-refractivity contribution in [1.82, 2.24) is 14.7 Å². The summed E-state index contributed by atoms with van der Waals surface area (Å²) in [5.41, 5.74) is 0.283. The molecule has 33 heteroatoms. The van der Waals surface area contributed by atoms with Gasteiger partial charge >= 0.3 is 35.8 Å². The van der Waals surface area contributed by atoms with Crippen LogP contribution >= 0.6 is 35.3 Å². The van der Waals surface area contributed by atoms with Gasteiger partial charge in [-0.25, -0.2) is 0 Å². The maximum absolute atomic E-state index is 14.5. The Morgan fingerprint density at radius 2 is 0.420 bits per heavy atom. The van der Waals surface area contributed by atoms with Crippen LogP contribution in [0.15, 0.2) is 14.7 Å². The topological polar surface area (TPSA) is 329 Å². The van der Waals surface area contributed by atoms with E-state index in [1.165, 1.54) is 56.2 Å². The molecule has 0 aromatic heterocycles. The first-order valence-electron chi connectivity index (χ1n) is 32.1. The van der Waals surface area contributed by atoms with Crippen molar-refractivity contribution in [2.24, 2.45) is 0 Å². The highest BCUT2D eigenvalue weighted by atomic mass is 32.2. The van der Waals surface area contributed by atoms with Gasteiger partial charge in [-0.05, 0) is 0 Å². The van der Waals surface area contributed by atoms with Gasteiger partial charge in [0.05, 0.1) is 79.1 Å². The third kappa shape index (κ3) is 17.8. The molecule has 0 unspecified atom stereocenters. The average molecular weight is 1460 g/mol. The second-order valence-corrected chi connectivity index (χ2v) is 29.1. The predicted molar refractivity (Wildman–Crippen MR) is 354 cm³/mol. The summed E-state index contributed by atoms with van der Waals surface area (Å²) in [5.74, 6) is -14.0. The monoisotopic (exact) mass is 1460 g/mol. The molecule has 100 heavy (non-hydrogen) atoms. The number of benzene rings is 3. The van der Waals surface area contributed by atoms with Crippen LogP contribution in [0.3, 0.4) is 0 Å². The molecule has 9 rings (SSSR count). The number of thioether (sulfide) groups is 3. The van der Waals surface area contributed by atoms with Crippen LogP contribution in [0.5, 0.6) is 69.0 Å². The van der Waals surface area contributed by atoms with Gasteiger partial charge in [0.25, 0.3) is 0 Å². The Balaban J connectivity index is 1.31. The number of rotatable bonds is 30. The summed E-state index contributed by atoms with van der Waals surface area (Å²) in [7, 11) is 0. The van der Waals surface area contributed by atoms with Crippen LogP contribution in [0.4, 0.5) is 0 Å². The predicted octanol–water partition coefficient (Wildman–Crippen LogP) is 7.89. The Hall–Kier alpha value is -8.46. The van der Waals surface area contributed by atoms with Crippen LogP contribution < -0.4 is 56.8 Å². The van der Waals surface area contributed by atoms with Crippen molar-refractivity contribution in [3.05, 3.63) is 22.6 Å². The molecule has 0 saturated heterocycles. The fourth-order valence-electron chi connectivity index (χ4n) is 11.1. The molecule has 0 bridgehead atoms. The molecular weight excluding hydrogens is 1370 g/mol. The normalized spacial score (nSPS) is 16.7. The first kappa shape index (κ1) is 75.7. The molecular formula is C67H84N3O27S3. The second-order valence-electron chi connectivity index (χ2n) is 26.1. The van der Waals surface area contributed by atoms with E-state index in [9.17, 15) is 43.2 Å². The van der Waals surface area contributed by atoms with Crippen LogP contribution in [0.25, 0.3) is 0 Å². The number of amides is 3. The zero-order valence-corrected chi connectivity index (χ0v) is 61.6. The van der Waals surface area contributed by atoms with Crippen molar-refractivity contribution in [2.75, 3.05) is 96.2 Å². The molecule has 0 spiro atoms. The van der Waals surface area contributed by atoms with Crippen molar-refractivity contribution in [2.45, 2.75) is 174 Å². The van der Waals surface area contributed by atoms with Gasteiger partial charge in [0.15, 0.2) is 69.0 Å². The average Bonchev–Trinajstić information content (AvgIpc) is 1.49. The standard InChI is InChI=1S/C67H84N3O27S3/c1-34(71)80-25-19-68(20-26-81-35(2)72)40(77)31-98-59-53-47(86-62(7,8)92-53)44(48-54(59)93-63(9,10)87-48)43(45-49-55(94-64(11,12)88-49)60(56-50(45)89-65(13,14)95-56)99-32-41(78)69(21-27-82-36(3)73)22-28-83-37(4)74)46-51-57(96-66(15,16)90-51)61(58-52(46)91-67(17,18)97-58)100-33-42(79)70(23-29-84-38(5)75)24-30-85-39(6)76/h19-33H2,1-18H3. The molecule has 6 heterocycles. The van der Waals surface area contributed by atoms with E-state index >= 15 is 0 Å². The first-order valence-corrected chi connectivity index (χ1v) is 35.0. The third-order valence-corrected chi connectivity index (χ3v) is 18.0. The molecule has 0 atom stereocenters. The van der Waals surface area contributed by atoms with Gasteiger partial charge in [-0.15, -0.1) is 35.3 Å². The lowest BCUT2D eigenvalue weighted by atomic mass is 9.81. The van der Waals surface area contributed by atoms with E-state index in [0.29, 0.717) is 0 Å². The lowest BCUT2D eigenvalue weighted by molar-refractivity contribution is -0.145. The van der Waals surface area contributed by atoms with Gasteiger partial charge in [-0.1, -0.05) is 0 Å². The lowest BCUT2D eigenvalue weighted by Gasteiger charge is -2.28. The van der Waals surface area contributed by atoms with Crippen LogP contribution in [-0.4, -0.2) is 199 Å². The van der Waals surface area contributed by atoms with Gasteiger partial charge < -0.3 is 100.0 Å². The molecule has 1 radical (unpaired) electrons. The number of nitrogens with zero attached hydrogens (tertiary/aromatic N) is 3. The largest absolute Gasteiger partial charge is 0.464 e. The highest BCUT2D eigenvalue weighted by Gasteiger charge is 2.57. The number of esters is 6. The minimum absolute atomic E-state index is 0.0209. The fraction of sp³-hybridized carbons (Fsp3) is 0.582. The summed E-state index contributed by atoms with van der Waals surface area (Å²) in [6, 6.07) is 0. The summed E-state index contributed by atoms with van der Waals surface area (Å²) < 4.78 is 115. The maximum Gasteiger partial charge on any atom is 0.302 e. The SMILES string of the molecule is CC(=O)OCCN(CCOC(C)=O)C(=O)CSc1c2c(c([C](c3c4c(c(SCC(=O)N(CCOC(C)=O)CCOC(C)=O)c5c3OC(C)(C)O5)OC(C)(C)O4)c3c4c(c(SCC(=O)N(CCOC(C)=O)CCOC(C)=O)c5c3OC(C)(C)O5)OC(C)(C)O4)c3c1OC(C)(C)O3)OC(C)(C)O2.